The zero-order valence-electron chi connectivity index (χ0n) is 12.5. The van der Waals surface area contributed by atoms with Crippen LogP contribution in [0.25, 0.3) is 0 Å². The number of aryl methyl sites for hydroxylation is 1. The highest BCUT2D eigenvalue weighted by molar-refractivity contribution is 5.31. The van der Waals surface area contributed by atoms with Crippen LogP contribution in [0.3, 0.4) is 0 Å². The van der Waals surface area contributed by atoms with Crippen LogP contribution in [-0.4, -0.2) is 6.61 Å². The van der Waals surface area contributed by atoms with E-state index in [0.717, 1.165) is 36.1 Å². The van der Waals surface area contributed by atoms with Crippen molar-refractivity contribution in [2.75, 3.05) is 6.61 Å². The molecule has 0 aliphatic rings. The molecule has 0 heterocycles. The van der Waals surface area contributed by atoms with Crippen molar-refractivity contribution in [1.29, 1.82) is 5.26 Å². The summed E-state index contributed by atoms with van der Waals surface area (Å²) in [7, 11) is 0. The molecule has 1 atom stereocenters. The van der Waals surface area contributed by atoms with Gasteiger partial charge in [0.2, 0.25) is 0 Å². The number of nitriles is 1. The smallest absolute Gasteiger partial charge is 0.122 e. The zero-order chi connectivity index (χ0) is 14.9. The fourth-order valence-electron chi connectivity index (χ4n) is 2.34. The van der Waals surface area contributed by atoms with E-state index in [-0.39, 0.29) is 5.92 Å². The van der Waals surface area contributed by atoms with Crippen LogP contribution >= 0.6 is 0 Å². The molecule has 0 bridgehead atoms. The normalized spacial score (nSPS) is 11.6. The molecule has 21 heavy (non-hydrogen) atoms. The van der Waals surface area contributed by atoms with E-state index in [1.807, 2.05) is 48.5 Å². The lowest BCUT2D eigenvalue weighted by molar-refractivity contribution is 0.302. The lowest BCUT2D eigenvalue weighted by atomic mass is 9.95. The van der Waals surface area contributed by atoms with E-state index in [0.29, 0.717) is 6.61 Å². The molecule has 1 unspecified atom stereocenters. The van der Waals surface area contributed by atoms with E-state index in [2.05, 4.69) is 19.1 Å². The zero-order valence-corrected chi connectivity index (χ0v) is 12.5. The molecule has 0 amide bonds. The molecule has 0 spiro atoms. The number of hydrogen-bond donors (Lipinski definition) is 0. The maximum atomic E-state index is 9.27. The molecule has 0 saturated carbocycles. The minimum Gasteiger partial charge on any atom is -0.493 e. The van der Waals surface area contributed by atoms with Crippen LogP contribution in [0.4, 0.5) is 0 Å². The van der Waals surface area contributed by atoms with Gasteiger partial charge in [0.05, 0.1) is 18.6 Å². The fraction of sp³-hybridized carbons (Fsp3) is 0.316. The van der Waals surface area contributed by atoms with Crippen LogP contribution in [0.2, 0.25) is 0 Å². The summed E-state index contributed by atoms with van der Waals surface area (Å²) in [5, 5.41) is 9.27. The highest BCUT2D eigenvalue weighted by atomic mass is 16.5. The van der Waals surface area contributed by atoms with Gasteiger partial charge >= 0.3 is 0 Å². The molecule has 2 heteroatoms. The second-order valence-electron chi connectivity index (χ2n) is 5.20. The van der Waals surface area contributed by atoms with Crippen LogP contribution in [0.5, 0.6) is 5.75 Å². The van der Waals surface area contributed by atoms with Crippen molar-refractivity contribution in [3.8, 4) is 11.8 Å². The Morgan fingerprint density at radius 1 is 1.00 bits per heavy atom. The Hall–Kier alpha value is -2.27. The summed E-state index contributed by atoms with van der Waals surface area (Å²) in [5.41, 5.74) is 2.27. The van der Waals surface area contributed by atoms with Crippen LogP contribution in [-0.2, 0) is 0 Å². The average molecular weight is 279 g/mol. The lowest BCUT2D eigenvalue weighted by Crippen LogP contribution is -2.01. The summed E-state index contributed by atoms with van der Waals surface area (Å²) in [6, 6.07) is 20.5. The van der Waals surface area contributed by atoms with Gasteiger partial charge in [0, 0.05) is 0 Å². The third kappa shape index (κ3) is 4.65. The van der Waals surface area contributed by atoms with Gasteiger partial charge in [0.1, 0.15) is 5.75 Å². The van der Waals surface area contributed by atoms with E-state index in [1.165, 1.54) is 0 Å². The summed E-state index contributed by atoms with van der Waals surface area (Å²) < 4.78 is 5.78. The second-order valence-corrected chi connectivity index (χ2v) is 5.20. The monoisotopic (exact) mass is 279 g/mol. The van der Waals surface area contributed by atoms with Crippen LogP contribution in [0, 0.1) is 18.3 Å². The molecule has 0 N–H and O–H groups in total. The molecule has 2 aromatic rings. The number of unbranched alkanes of at least 4 members (excludes halogenated alkanes) is 1. The summed E-state index contributed by atoms with van der Waals surface area (Å²) in [5.74, 6) is 0.946. The van der Waals surface area contributed by atoms with Crippen molar-refractivity contribution in [2.45, 2.75) is 32.1 Å². The standard InChI is InChI=1S/C19H21NO/c1-16-9-5-6-13-19(16)21-14-8-7-12-18(15-20)17-10-3-2-4-11-17/h2-6,9-11,13,18H,7-8,12,14H2,1H3. The van der Waals surface area contributed by atoms with Crippen LogP contribution in [0.1, 0.15) is 36.3 Å². The van der Waals surface area contributed by atoms with Gasteiger partial charge in [-0.05, 0) is 43.4 Å². The summed E-state index contributed by atoms with van der Waals surface area (Å²) in [6.45, 7) is 2.76. The van der Waals surface area contributed by atoms with Crippen LogP contribution in [0.15, 0.2) is 54.6 Å². The molecule has 0 aromatic heterocycles. The number of hydrogen-bond acceptors (Lipinski definition) is 2. The molecule has 0 aliphatic carbocycles. The average Bonchev–Trinajstić information content (AvgIpc) is 2.53. The van der Waals surface area contributed by atoms with Gasteiger partial charge in [-0.25, -0.2) is 0 Å². The Labute approximate surface area is 127 Å². The van der Waals surface area contributed by atoms with Gasteiger partial charge < -0.3 is 4.74 Å². The third-order valence-electron chi connectivity index (χ3n) is 3.60. The van der Waals surface area contributed by atoms with Gasteiger partial charge in [0.25, 0.3) is 0 Å². The second kappa shape index (κ2) is 8.11. The Morgan fingerprint density at radius 2 is 1.71 bits per heavy atom. The summed E-state index contributed by atoms with van der Waals surface area (Å²) >= 11 is 0. The first-order valence-electron chi connectivity index (χ1n) is 7.44. The maximum Gasteiger partial charge on any atom is 0.122 e. The van der Waals surface area contributed by atoms with Crippen molar-refractivity contribution in [3.05, 3.63) is 65.7 Å². The van der Waals surface area contributed by atoms with Gasteiger partial charge in [0.15, 0.2) is 0 Å². The molecule has 0 aliphatic heterocycles. The minimum atomic E-state index is -0.00957. The molecular weight excluding hydrogens is 258 g/mol. The van der Waals surface area contributed by atoms with E-state index in [9.17, 15) is 5.26 Å². The van der Waals surface area contributed by atoms with Gasteiger partial charge in [-0.2, -0.15) is 5.26 Å². The largest absolute Gasteiger partial charge is 0.493 e. The molecular formula is C19H21NO. The van der Waals surface area contributed by atoms with E-state index >= 15 is 0 Å². The molecule has 2 aromatic carbocycles. The molecule has 0 fully saturated rings. The highest BCUT2D eigenvalue weighted by Gasteiger charge is 2.09. The SMILES string of the molecule is Cc1ccccc1OCCCCC(C#N)c1ccccc1. The van der Waals surface area contributed by atoms with Crippen molar-refractivity contribution < 1.29 is 4.74 Å². The van der Waals surface area contributed by atoms with Crippen molar-refractivity contribution >= 4 is 0 Å². The summed E-state index contributed by atoms with van der Waals surface area (Å²) in [4.78, 5) is 0. The molecule has 2 nitrogen and oxygen atoms in total. The predicted molar refractivity (Wildman–Crippen MR) is 85.3 cm³/mol. The maximum absolute atomic E-state index is 9.27. The molecule has 0 radical (unpaired) electrons. The minimum absolute atomic E-state index is 0.00957. The van der Waals surface area contributed by atoms with Crippen molar-refractivity contribution in [3.63, 3.8) is 0 Å². The lowest BCUT2D eigenvalue weighted by Gasteiger charge is -2.11. The van der Waals surface area contributed by atoms with Crippen molar-refractivity contribution in [2.24, 2.45) is 0 Å². The fourth-order valence-corrected chi connectivity index (χ4v) is 2.34. The number of benzene rings is 2. The first kappa shape index (κ1) is 15.1. The van der Waals surface area contributed by atoms with Crippen molar-refractivity contribution in [1.82, 2.24) is 0 Å². The van der Waals surface area contributed by atoms with E-state index < -0.39 is 0 Å². The predicted octanol–water partition coefficient (Wildman–Crippen LogP) is 4.85. The first-order chi connectivity index (χ1) is 10.3. The van der Waals surface area contributed by atoms with E-state index in [4.69, 9.17) is 4.74 Å². The Balaban J connectivity index is 1.72. The number of nitrogens with zero attached hydrogens (tertiary/aromatic N) is 1. The Kier molecular flexibility index (Phi) is 5.84. The highest BCUT2D eigenvalue weighted by Crippen LogP contribution is 2.21. The number of ether oxygens (including phenoxy) is 1. The topological polar surface area (TPSA) is 33.0 Å². The third-order valence-corrected chi connectivity index (χ3v) is 3.60. The quantitative estimate of drug-likeness (QED) is 0.679. The molecule has 0 saturated heterocycles. The van der Waals surface area contributed by atoms with Gasteiger partial charge in [-0.3, -0.25) is 0 Å². The summed E-state index contributed by atoms with van der Waals surface area (Å²) in [6.07, 6.45) is 2.86. The van der Waals surface area contributed by atoms with Gasteiger partial charge in [-0.1, -0.05) is 48.5 Å². The first-order valence-corrected chi connectivity index (χ1v) is 7.44. The van der Waals surface area contributed by atoms with Crippen LogP contribution < -0.4 is 4.74 Å². The molecule has 108 valence electrons. The molecule has 2 rings (SSSR count). The Morgan fingerprint density at radius 3 is 2.43 bits per heavy atom. The number of rotatable bonds is 7. The number of para-hydroxylation sites is 1. The van der Waals surface area contributed by atoms with Gasteiger partial charge in [-0.15, -0.1) is 0 Å². The van der Waals surface area contributed by atoms with E-state index in [1.54, 1.807) is 0 Å². The Bertz CT molecular complexity index is 586.